The van der Waals surface area contributed by atoms with Gasteiger partial charge in [0, 0.05) is 21.5 Å². The molecule has 1 aliphatic rings. The van der Waals surface area contributed by atoms with Crippen LogP contribution in [-0.4, -0.2) is 183 Å². The van der Waals surface area contributed by atoms with E-state index in [1.165, 1.54) is 0 Å². The highest BCUT2D eigenvalue weighted by Crippen LogP contribution is 2.32. The van der Waals surface area contributed by atoms with Gasteiger partial charge in [-0.1, -0.05) is 101 Å². The maximum Gasteiger partial charge on any atom is 0.323 e. The van der Waals surface area contributed by atoms with E-state index in [0.717, 1.165) is 49.1 Å². The molecule has 0 fully saturated rings. The number of fused-ring (bicyclic) bond motifs is 17. The van der Waals surface area contributed by atoms with Crippen molar-refractivity contribution in [2.45, 2.75) is 33.5 Å². The Morgan fingerprint density at radius 1 is 0.465 bits per heavy atom. The van der Waals surface area contributed by atoms with Crippen LogP contribution >= 0.6 is 15.9 Å². The molecular weight excluding hydrogens is 1560 g/mol. The normalized spacial score (nSPS) is 11.4. The fourth-order valence-electron chi connectivity index (χ4n) is 11.0. The first-order valence-corrected chi connectivity index (χ1v) is 33.8. The molecule has 48 nitrogen and oxygen atoms in total. The third-order valence-electron chi connectivity index (χ3n) is 15.8. The number of aromatic nitrogens is 26. The largest absolute Gasteiger partial charge is 0.480 e. The van der Waals surface area contributed by atoms with Crippen molar-refractivity contribution in [3.8, 4) is 0 Å². The van der Waals surface area contributed by atoms with Gasteiger partial charge in [-0.2, -0.15) is 5.16 Å². The Morgan fingerprint density at radius 2 is 0.895 bits per heavy atom. The van der Waals surface area contributed by atoms with Crippen LogP contribution in [-0.2, 0) is 48.3 Å². The van der Waals surface area contributed by atoms with Gasteiger partial charge in [0.15, 0.2) is 22.6 Å². The number of nitrogen functional groups attached to an aromatic ring is 5. The molecule has 0 radical (unpaired) electrons. The van der Waals surface area contributed by atoms with Crippen molar-refractivity contribution in [3.05, 3.63) is 127 Å². The van der Waals surface area contributed by atoms with E-state index in [4.69, 9.17) is 33.8 Å². The van der Waals surface area contributed by atoms with Crippen LogP contribution in [0, 0.1) is 0 Å². The van der Waals surface area contributed by atoms with Gasteiger partial charge in [0.05, 0.1) is 46.5 Å². The Kier molecular flexibility index (Phi) is 21.1. The zero-order valence-corrected chi connectivity index (χ0v) is 59.8. The number of ether oxygens (including phenoxy) is 1. The van der Waals surface area contributed by atoms with Gasteiger partial charge in [-0.25, -0.2) is 72.6 Å². The molecule has 0 spiro atoms. The standard InChI is InChI=1S/C14H9N9O3.C13H9N5O2.C12H7N5O3.C10H5N5O.C8H5NO2.C4H7BrO2.2C2H4N4O/c15-10-11(20-25-19-10)16-8(24)5-23-7-4-2-1-3-6(7)9-14(23)18-13-12(17-9)21-26-22-13;1-7(19)6-18-9-5-3-2-4-8(9)10-13(18)15-12-11(14-10)16-20-17-12;18-8(19)5-17-7-4-2-1-3-6(7)9-12(17)14-11-10(13-9)15-20-16-11;1-2-4-6-5(3-1)7-8(11-6)13-10-9(12-7)14-16-15-10;10-7-5-3-1-2-4-6(5)9-8(7)11;1-2-7-4(6)3-5;2*3-1-2(4)6-7-5-1/h1-4H,5H2,(H2,15,19)(H,16,20,24);2-5H,6H2,1H3;1-4H,5H2,(H,18,19);1-4H,(H,12,14);1-4H,(H,9,10,11);2-3H2,1H3;2*(H2,3,5)(H2,4,6). The first kappa shape index (κ1) is 74.2. The summed E-state index contributed by atoms with van der Waals surface area (Å²) in [6.07, 6.45) is 0. The minimum Gasteiger partial charge on any atom is -0.480 e. The van der Waals surface area contributed by atoms with Crippen LogP contribution < -0.4 is 39.3 Å². The Balaban J connectivity index is 0.000000112. The summed E-state index contributed by atoms with van der Waals surface area (Å²) < 4.78 is 40.9. The van der Waals surface area contributed by atoms with Crippen LogP contribution in [0.1, 0.15) is 24.2 Å². The molecule has 20 aromatic rings. The number of hydrogen-bond acceptors (Lipinski definition) is 41. The number of benzene rings is 5. The molecule has 0 saturated heterocycles. The number of alkyl halides is 1. The van der Waals surface area contributed by atoms with E-state index in [1.807, 2.05) is 102 Å². The maximum atomic E-state index is 12.4. The molecule has 0 saturated carbocycles. The quantitative estimate of drug-likeness (QED) is 0.0488. The number of esters is 1. The molecule has 21 rings (SSSR count). The lowest BCUT2D eigenvalue weighted by atomic mass is 10.1. The van der Waals surface area contributed by atoms with Crippen LogP contribution in [0.15, 0.2) is 154 Å². The summed E-state index contributed by atoms with van der Waals surface area (Å²) in [4.78, 5) is 106. The number of nitrogens with two attached hydrogens (primary N) is 5. The molecule has 1 aliphatic heterocycles. The number of ketones is 2. The number of para-hydroxylation sites is 5. The second-order valence-electron chi connectivity index (χ2n) is 23.2. The molecule has 15 aromatic heterocycles. The number of Topliss-reactive ketones (excluding diaryl/α,β-unsaturated/α-hetero) is 2. The number of amides is 2. The van der Waals surface area contributed by atoms with E-state index in [2.05, 4.69) is 181 Å². The van der Waals surface area contributed by atoms with Crippen molar-refractivity contribution in [1.29, 1.82) is 0 Å². The number of anilines is 7. The summed E-state index contributed by atoms with van der Waals surface area (Å²) in [6.45, 7) is 3.78. The molecule has 5 aromatic carbocycles. The number of carbonyl (C=O) groups is 6. The molecule has 14 N–H and O–H groups in total. The second kappa shape index (κ2) is 32.4. The number of nitrogens with zero attached hydrogens (tertiary/aromatic N) is 25. The van der Waals surface area contributed by atoms with Gasteiger partial charge in [0.25, 0.3) is 11.7 Å². The number of carbonyl (C=O) groups excluding carboxylic acids is 5. The number of carboxylic acids is 1. The van der Waals surface area contributed by atoms with Crippen LogP contribution in [0.25, 0.3) is 133 Å². The molecule has 572 valence electrons. The molecular formula is C65H50BrN33O15. The molecule has 2 amide bonds. The molecule has 0 bridgehead atoms. The number of rotatable bonds is 9. The number of carboxylic acid groups (broad SMARTS) is 1. The van der Waals surface area contributed by atoms with Crippen LogP contribution in [0.3, 0.4) is 0 Å². The monoisotopic (exact) mass is 1610 g/mol. The number of nitrogens with one attached hydrogen (secondary N) is 3. The third kappa shape index (κ3) is 15.6. The van der Waals surface area contributed by atoms with Crippen molar-refractivity contribution in [1.82, 2.24) is 131 Å². The fraction of sp³-hybridized carbons (Fsp3) is 0.108. The van der Waals surface area contributed by atoms with Crippen molar-refractivity contribution in [3.63, 3.8) is 0 Å². The first-order valence-electron chi connectivity index (χ1n) is 32.7. The lowest BCUT2D eigenvalue weighted by Gasteiger charge is -2.06. The van der Waals surface area contributed by atoms with Crippen molar-refractivity contribution in [2.75, 3.05) is 51.2 Å². The van der Waals surface area contributed by atoms with Crippen LogP contribution in [0.4, 0.5) is 40.6 Å². The number of aliphatic carboxylic acids is 1. The van der Waals surface area contributed by atoms with E-state index in [9.17, 15) is 28.8 Å². The van der Waals surface area contributed by atoms with Gasteiger partial charge < -0.3 is 62.8 Å². The van der Waals surface area contributed by atoms with Gasteiger partial charge >= 0.3 is 11.9 Å². The van der Waals surface area contributed by atoms with Gasteiger partial charge in [-0.3, -0.25) is 33.4 Å². The summed E-state index contributed by atoms with van der Waals surface area (Å²) >= 11 is 2.94. The summed E-state index contributed by atoms with van der Waals surface area (Å²) in [6, 6.07) is 37.3. The molecule has 16 heterocycles. The molecule has 0 atom stereocenters. The van der Waals surface area contributed by atoms with Crippen LogP contribution in [0.5, 0.6) is 0 Å². The summed E-state index contributed by atoms with van der Waals surface area (Å²) in [5.74, 6) is -1.86. The minimum absolute atomic E-state index is 0.00394. The highest BCUT2D eigenvalue weighted by atomic mass is 79.9. The number of halogens is 1. The summed E-state index contributed by atoms with van der Waals surface area (Å²) in [5, 5.41) is 66.0. The lowest BCUT2D eigenvalue weighted by molar-refractivity contribution is -0.140. The van der Waals surface area contributed by atoms with Crippen LogP contribution in [0.2, 0.25) is 0 Å². The Morgan fingerprint density at radius 3 is 1.33 bits per heavy atom. The lowest BCUT2D eigenvalue weighted by Crippen LogP contribution is -2.19. The molecule has 114 heavy (non-hydrogen) atoms. The van der Waals surface area contributed by atoms with Gasteiger partial charge in [0.1, 0.15) is 46.3 Å². The number of H-pyrrole nitrogens is 1. The zero-order chi connectivity index (χ0) is 79.7. The number of aromatic amines is 1. The minimum atomic E-state index is -0.951. The van der Waals surface area contributed by atoms with E-state index < -0.39 is 17.7 Å². The number of hydrogen-bond donors (Lipinski definition) is 9. The highest BCUT2D eigenvalue weighted by Gasteiger charge is 2.27. The van der Waals surface area contributed by atoms with Gasteiger partial charge in [-0.05, 0) is 117 Å². The van der Waals surface area contributed by atoms with Crippen molar-refractivity contribution >= 4 is 225 Å². The van der Waals surface area contributed by atoms with E-state index in [0.29, 0.717) is 96.2 Å². The smallest absolute Gasteiger partial charge is 0.323 e. The first-order chi connectivity index (χ1) is 55.3. The average molecular weight is 1610 g/mol. The molecule has 49 heteroatoms. The Bertz CT molecular complexity index is 6760. The van der Waals surface area contributed by atoms with Crippen molar-refractivity contribution in [2.24, 2.45) is 0 Å². The van der Waals surface area contributed by atoms with E-state index in [-0.39, 0.29) is 83.5 Å². The summed E-state index contributed by atoms with van der Waals surface area (Å²) in [7, 11) is 0. The van der Waals surface area contributed by atoms with E-state index in [1.54, 1.807) is 47.2 Å². The average Bonchev–Trinajstić information content (AvgIpc) is 1.58. The third-order valence-corrected chi connectivity index (χ3v) is 16.3. The topological polar surface area (TPSA) is 692 Å². The van der Waals surface area contributed by atoms with E-state index >= 15 is 0 Å². The van der Waals surface area contributed by atoms with Crippen molar-refractivity contribution < 1.29 is 71.0 Å². The fourth-order valence-corrected chi connectivity index (χ4v) is 11.2. The maximum absolute atomic E-state index is 12.4. The second-order valence-corrected chi connectivity index (χ2v) is 23.8. The highest BCUT2D eigenvalue weighted by molar-refractivity contribution is 9.09. The predicted molar refractivity (Wildman–Crippen MR) is 400 cm³/mol. The Labute approximate surface area is 636 Å². The zero-order valence-electron chi connectivity index (χ0n) is 58.2. The van der Waals surface area contributed by atoms with Gasteiger partial charge in [0.2, 0.25) is 86.0 Å². The SMILES string of the molecule is CC(=O)Cn1c2ccccc2c2nc3nonc3nc21.CCOC(=O)CBr.Nc1nonc1N.Nc1nonc1N.Nc1nonc1NC(=O)Cn1c2ccccc2c2nc3nonc3nc21.O=C(O)Cn1c2ccccc2c2nc3nonc3nc21.O=C1Nc2ccccc2C1=O.c1ccc2c(c1)nc1nc3no[nH]c3nc12. The molecule has 0 unspecified atom stereocenters. The predicted octanol–water partition coefficient (Wildman–Crippen LogP) is 5.52. The van der Waals surface area contributed by atoms with Gasteiger partial charge in [-0.15, -0.1) is 0 Å². The Hall–Kier alpha value is -16.7. The molecule has 0 aliphatic carbocycles. The summed E-state index contributed by atoms with van der Waals surface area (Å²) in [5.41, 5.74) is 37.8.